The summed E-state index contributed by atoms with van der Waals surface area (Å²) >= 11 is 0. The normalized spacial score (nSPS) is 23.0. The maximum absolute atomic E-state index is 11.9. The van der Waals surface area contributed by atoms with E-state index in [9.17, 15) is 13.2 Å². The van der Waals surface area contributed by atoms with Crippen LogP contribution in [0.25, 0.3) is 0 Å². The molecule has 0 radical (unpaired) electrons. The first-order valence-corrected chi connectivity index (χ1v) is 4.26. The number of alkyl halides is 3. The van der Waals surface area contributed by atoms with Crippen molar-refractivity contribution in [3.05, 3.63) is 0 Å². The molecule has 0 aromatic rings. The molecular weight excluding hydrogens is 167 g/mol. The molecule has 0 spiro atoms. The smallest absolute Gasteiger partial charge is 0.295 e. The van der Waals surface area contributed by atoms with E-state index in [0.717, 1.165) is 12.8 Å². The number of piperidine rings is 1. The average Bonchev–Trinajstić information content (AvgIpc) is 1.91. The van der Waals surface area contributed by atoms with Crippen LogP contribution in [0.1, 0.15) is 19.8 Å². The Labute approximate surface area is 70.5 Å². The first-order chi connectivity index (χ1) is 5.47. The Bertz CT molecular complexity index is 136. The average molecular weight is 181 g/mol. The van der Waals surface area contributed by atoms with E-state index in [-0.39, 0.29) is 0 Å². The Morgan fingerprint density at radius 1 is 1.25 bits per heavy atom. The first-order valence-electron chi connectivity index (χ1n) is 4.26. The lowest BCUT2D eigenvalue weighted by Crippen LogP contribution is -2.39. The Morgan fingerprint density at radius 2 is 1.75 bits per heavy atom. The molecule has 1 aliphatic heterocycles. The number of rotatable bonds is 1. The van der Waals surface area contributed by atoms with Crippen molar-refractivity contribution in [2.75, 3.05) is 19.6 Å². The minimum Gasteiger partial charge on any atom is -0.295 e. The predicted octanol–water partition coefficient (Wildman–Crippen LogP) is 2.28. The van der Waals surface area contributed by atoms with E-state index in [1.54, 1.807) is 0 Å². The highest BCUT2D eigenvalue weighted by Gasteiger charge is 2.31. The second-order valence-corrected chi connectivity index (χ2v) is 3.57. The summed E-state index contributed by atoms with van der Waals surface area (Å²) in [6.07, 6.45) is -2.23. The van der Waals surface area contributed by atoms with Gasteiger partial charge in [-0.15, -0.1) is 0 Å². The minimum atomic E-state index is -4.03. The van der Waals surface area contributed by atoms with Crippen LogP contribution >= 0.6 is 0 Å². The summed E-state index contributed by atoms with van der Waals surface area (Å²) in [5.74, 6) is 0.592. The molecule has 0 bridgehead atoms. The van der Waals surface area contributed by atoms with Crippen molar-refractivity contribution >= 4 is 0 Å². The largest absolute Gasteiger partial charge is 0.401 e. The fourth-order valence-corrected chi connectivity index (χ4v) is 1.47. The van der Waals surface area contributed by atoms with Gasteiger partial charge in [0.1, 0.15) is 0 Å². The lowest BCUT2D eigenvalue weighted by atomic mass is 9.99. The summed E-state index contributed by atoms with van der Waals surface area (Å²) in [6, 6.07) is 0. The van der Waals surface area contributed by atoms with E-state index in [1.807, 2.05) is 0 Å². The third kappa shape index (κ3) is 3.43. The monoisotopic (exact) mass is 181 g/mol. The lowest BCUT2D eigenvalue weighted by molar-refractivity contribution is -0.148. The second kappa shape index (κ2) is 3.64. The molecule has 12 heavy (non-hydrogen) atoms. The van der Waals surface area contributed by atoms with Gasteiger partial charge < -0.3 is 0 Å². The Kier molecular flexibility index (Phi) is 2.99. The quantitative estimate of drug-likeness (QED) is 0.600. The fourth-order valence-electron chi connectivity index (χ4n) is 1.47. The Morgan fingerprint density at radius 3 is 2.17 bits per heavy atom. The zero-order valence-corrected chi connectivity index (χ0v) is 7.19. The van der Waals surface area contributed by atoms with Crippen LogP contribution in [0.3, 0.4) is 0 Å². The van der Waals surface area contributed by atoms with Crippen molar-refractivity contribution < 1.29 is 13.2 Å². The van der Waals surface area contributed by atoms with Gasteiger partial charge in [0.25, 0.3) is 0 Å². The van der Waals surface area contributed by atoms with Gasteiger partial charge in [-0.2, -0.15) is 13.2 Å². The zero-order valence-electron chi connectivity index (χ0n) is 7.19. The van der Waals surface area contributed by atoms with Crippen molar-refractivity contribution in [1.29, 1.82) is 0 Å². The van der Waals surface area contributed by atoms with Gasteiger partial charge in [0.2, 0.25) is 0 Å². The molecule has 1 fully saturated rings. The molecular formula is C8H14F3N. The molecule has 0 aromatic carbocycles. The van der Waals surface area contributed by atoms with Gasteiger partial charge in [0, 0.05) is 0 Å². The van der Waals surface area contributed by atoms with Crippen LogP contribution in [0, 0.1) is 5.92 Å². The molecule has 1 saturated heterocycles. The molecule has 72 valence electrons. The van der Waals surface area contributed by atoms with Crippen LogP contribution in [0.4, 0.5) is 13.2 Å². The lowest BCUT2D eigenvalue weighted by Gasteiger charge is -2.30. The SMILES string of the molecule is CC1CCN(CC(F)(F)F)CC1. The molecule has 0 amide bonds. The predicted molar refractivity (Wildman–Crippen MR) is 40.9 cm³/mol. The Balaban J connectivity index is 2.26. The minimum absolute atomic E-state index is 0.592. The van der Waals surface area contributed by atoms with Crippen LogP contribution in [0.15, 0.2) is 0 Å². The van der Waals surface area contributed by atoms with Gasteiger partial charge in [0.05, 0.1) is 6.54 Å². The molecule has 0 atom stereocenters. The molecule has 1 rings (SSSR count). The zero-order chi connectivity index (χ0) is 9.19. The number of hydrogen-bond donors (Lipinski definition) is 0. The van der Waals surface area contributed by atoms with Gasteiger partial charge in [-0.3, -0.25) is 4.90 Å². The van der Waals surface area contributed by atoms with Gasteiger partial charge in [-0.25, -0.2) is 0 Å². The van der Waals surface area contributed by atoms with Crippen LogP contribution in [0.5, 0.6) is 0 Å². The standard InChI is InChI=1S/C8H14F3N/c1-7-2-4-12(5-3-7)6-8(9,10)11/h7H,2-6H2,1H3. The summed E-state index contributed by atoms with van der Waals surface area (Å²) < 4.78 is 35.7. The summed E-state index contributed by atoms with van der Waals surface area (Å²) in [5.41, 5.74) is 0. The third-order valence-corrected chi connectivity index (χ3v) is 2.28. The van der Waals surface area contributed by atoms with Crippen molar-refractivity contribution in [2.24, 2.45) is 5.92 Å². The summed E-state index contributed by atoms with van der Waals surface area (Å²) in [4.78, 5) is 1.49. The number of halogens is 3. The van der Waals surface area contributed by atoms with E-state index in [4.69, 9.17) is 0 Å². The van der Waals surface area contributed by atoms with Gasteiger partial charge in [-0.1, -0.05) is 6.92 Å². The van der Waals surface area contributed by atoms with Crippen molar-refractivity contribution in [3.63, 3.8) is 0 Å². The van der Waals surface area contributed by atoms with E-state index in [1.165, 1.54) is 4.90 Å². The number of likely N-dealkylation sites (tertiary alicyclic amines) is 1. The van der Waals surface area contributed by atoms with Crippen LogP contribution in [-0.2, 0) is 0 Å². The molecule has 0 aliphatic carbocycles. The Hall–Kier alpha value is -0.250. The molecule has 4 heteroatoms. The molecule has 0 unspecified atom stereocenters. The summed E-state index contributed by atoms with van der Waals surface area (Å²) in [6.45, 7) is 2.55. The summed E-state index contributed by atoms with van der Waals surface area (Å²) in [7, 11) is 0. The third-order valence-electron chi connectivity index (χ3n) is 2.28. The first kappa shape index (κ1) is 9.84. The molecule has 1 aliphatic rings. The van der Waals surface area contributed by atoms with Gasteiger partial charge in [0.15, 0.2) is 0 Å². The van der Waals surface area contributed by atoms with Gasteiger partial charge >= 0.3 is 6.18 Å². The van der Waals surface area contributed by atoms with Crippen molar-refractivity contribution in [3.8, 4) is 0 Å². The molecule has 0 N–H and O–H groups in total. The van der Waals surface area contributed by atoms with Crippen molar-refractivity contribution in [2.45, 2.75) is 25.9 Å². The highest BCUT2D eigenvalue weighted by Crippen LogP contribution is 2.21. The maximum Gasteiger partial charge on any atom is 0.401 e. The van der Waals surface area contributed by atoms with Crippen LogP contribution in [-0.4, -0.2) is 30.7 Å². The molecule has 1 nitrogen and oxygen atoms in total. The molecule has 0 saturated carbocycles. The number of nitrogens with zero attached hydrogens (tertiary/aromatic N) is 1. The fraction of sp³-hybridized carbons (Fsp3) is 1.00. The maximum atomic E-state index is 11.9. The van der Waals surface area contributed by atoms with E-state index >= 15 is 0 Å². The highest BCUT2D eigenvalue weighted by molar-refractivity contribution is 4.71. The molecule has 0 aromatic heterocycles. The topological polar surface area (TPSA) is 3.24 Å². The van der Waals surface area contributed by atoms with E-state index in [0.29, 0.717) is 19.0 Å². The summed E-state index contributed by atoms with van der Waals surface area (Å²) in [5, 5.41) is 0. The van der Waals surface area contributed by atoms with Gasteiger partial charge in [-0.05, 0) is 31.8 Å². The number of hydrogen-bond acceptors (Lipinski definition) is 1. The van der Waals surface area contributed by atoms with Crippen molar-refractivity contribution in [1.82, 2.24) is 4.90 Å². The highest BCUT2D eigenvalue weighted by atomic mass is 19.4. The van der Waals surface area contributed by atoms with Crippen LogP contribution < -0.4 is 0 Å². The molecule has 1 heterocycles. The second-order valence-electron chi connectivity index (χ2n) is 3.57. The van der Waals surface area contributed by atoms with E-state index in [2.05, 4.69) is 6.92 Å². The van der Waals surface area contributed by atoms with Crippen LogP contribution in [0.2, 0.25) is 0 Å². The van der Waals surface area contributed by atoms with E-state index < -0.39 is 12.7 Å².